The number of carbonyl (C=O) groups is 1. The third kappa shape index (κ3) is 4.10. The Balaban J connectivity index is 1.46. The zero-order chi connectivity index (χ0) is 21.1. The summed E-state index contributed by atoms with van der Waals surface area (Å²) in [5.41, 5.74) is 4.62. The van der Waals surface area contributed by atoms with Crippen molar-refractivity contribution in [3.63, 3.8) is 0 Å². The number of ether oxygens (including phenoxy) is 1. The molecule has 0 bridgehead atoms. The summed E-state index contributed by atoms with van der Waals surface area (Å²) >= 11 is 2.83. The smallest absolute Gasteiger partial charge is 0.250 e. The SMILES string of the molecule is COc1ccc(-n2c(C)nnc2SCC(=O)N/N=c2\sc3ccccc3n2C)cc1. The number of hydrogen-bond donors (Lipinski definition) is 1. The van der Waals surface area contributed by atoms with Crippen molar-refractivity contribution < 1.29 is 9.53 Å². The number of amides is 1. The van der Waals surface area contributed by atoms with Gasteiger partial charge in [-0.2, -0.15) is 0 Å². The van der Waals surface area contributed by atoms with Gasteiger partial charge in [-0.05, 0) is 43.3 Å². The van der Waals surface area contributed by atoms with Crippen LogP contribution in [-0.2, 0) is 11.8 Å². The van der Waals surface area contributed by atoms with Crippen LogP contribution in [0.15, 0.2) is 58.8 Å². The number of fused-ring (bicyclic) bond motifs is 1. The molecule has 1 N–H and O–H groups in total. The highest BCUT2D eigenvalue weighted by Crippen LogP contribution is 2.23. The zero-order valence-corrected chi connectivity index (χ0v) is 18.3. The number of aromatic nitrogens is 4. The zero-order valence-electron chi connectivity index (χ0n) is 16.7. The molecule has 30 heavy (non-hydrogen) atoms. The van der Waals surface area contributed by atoms with Gasteiger partial charge < -0.3 is 9.30 Å². The van der Waals surface area contributed by atoms with Gasteiger partial charge in [0.15, 0.2) is 5.16 Å². The summed E-state index contributed by atoms with van der Waals surface area (Å²) in [6.07, 6.45) is 0. The first kappa shape index (κ1) is 20.2. The number of nitrogens with zero attached hydrogens (tertiary/aromatic N) is 5. The standard InChI is InChI=1S/C20H20N6O2S2/c1-13-21-24-20(26(13)14-8-10-15(28-3)11-9-14)29-12-18(27)22-23-19-25(2)16-6-4-5-7-17(16)30-19/h4-11H,12H2,1-3H3,(H,22,27)/b23-19-. The highest BCUT2D eigenvalue weighted by atomic mass is 32.2. The van der Waals surface area contributed by atoms with E-state index in [4.69, 9.17) is 4.74 Å². The maximum Gasteiger partial charge on any atom is 0.250 e. The van der Waals surface area contributed by atoms with Gasteiger partial charge in [-0.25, -0.2) is 5.43 Å². The molecule has 2 aromatic carbocycles. The second-order valence-corrected chi connectivity index (χ2v) is 8.36. The number of aryl methyl sites for hydroxylation is 2. The first-order valence-corrected chi connectivity index (χ1v) is 10.9. The van der Waals surface area contributed by atoms with Gasteiger partial charge in [-0.1, -0.05) is 35.2 Å². The van der Waals surface area contributed by atoms with Gasteiger partial charge in [0.05, 0.1) is 23.1 Å². The van der Waals surface area contributed by atoms with Crippen LogP contribution >= 0.6 is 23.1 Å². The number of hydrogen-bond acceptors (Lipinski definition) is 7. The molecule has 0 saturated carbocycles. The van der Waals surface area contributed by atoms with Crippen molar-refractivity contribution in [1.82, 2.24) is 24.8 Å². The number of carbonyl (C=O) groups excluding carboxylic acids is 1. The van der Waals surface area contributed by atoms with Gasteiger partial charge in [0.2, 0.25) is 4.80 Å². The lowest BCUT2D eigenvalue weighted by molar-refractivity contribution is -0.118. The first-order valence-electron chi connectivity index (χ1n) is 9.13. The molecule has 0 aliphatic carbocycles. The maximum atomic E-state index is 12.4. The van der Waals surface area contributed by atoms with Gasteiger partial charge >= 0.3 is 0 Å². The first-order chi connectivity index (χ1) is 14.6. The van der Waals surface area contributed by atoms with Gasteiger partial charge in [-0.15, -0.1) is 15.3 Å². The Kier molecular flexibility index (Phi) is 5.86. The quantitative estimate of drug-likeness (QED) is 0.368. The molecule has 1 amide bonds. The molecule has 0 aliphatic rings. The van der Waals surface area contributed by atoms with Crippen LogP contribution in [0, 0.1) is 6.92 Å². The van der Waals surface area contributed by atoms with Gasteiger partial charge in [0, 0.05) is 12.7 Å². The highest BCUT2D eigenvalue weighted by Gasteiger charge is 2.13. The van der Waals surface area contributed by atoms with Crippen molar-refractivity contribution in [2.75, 3.05) is 12.9 Å². The third-order valence-corrected chi connectivity index (χ3v) is 6.49. The lowest BCUT2D eigenvalue weighted by Gasteiger charge is -2.09. The Hall–Kier alpha value is -3.11. The molecule has 0 radical (unpaired) electrons. The number of thiazole rings is 1. The van der Waals surface area contributed by atoms with Crippen LogP contribution in [0.1, 0.15) is 5.82 Å². The Morgan fingerprint density at radius 3 is 2.70 bits per heavy atom. The number of rotatable bonds is 6. The minimum atomic E-state index is -0.209. The van der Waals surface area contributed by atoms with Crippen LogP contribution in [0.5, 0.6) is 5.75 Å². The summed E-state index contributed by atoms with van der Waals surface area (Å²) in [6.45, 7) is 1.87. The fraction of sp³-hybridized carbons (Fsp3) is 0.200. The summed E-state index contributed by atoms with van der Waals surface area (Å²) in [6, 6.07) is 15.6. The van der Waals surface area contributed by atoms with Crippen LogP contribution in [0.2, 0.25) is 0 Å². The molecular weight excluding hydrogens is 420 g/mol. The van der Waals surface area contributed by atoms with Crippen LogP contribution < -0.4 is 15.0 Å². The fourth-order valence-corrected chi connectivity index (χ4v) is 4.70. The van der Waals surface area contributed by atoms with Crippen LogP contribution in [0.3, 0.4) is 0 Å². The Morgan fingerprint density at radius 1 is 1.20 bits per heavy atom. The molecule has 2 heterocycles. The molecule has 2 aromatic heterocycles. The van der Waals surface area contributed by atoms with Crippen molar-refractivity contribution in [3.05, 3.63) is 59.2 Å². The van der Waals surface area contributed by atoms with E-state index in [-0.39, 0.29) is 11.7 Å². The molecule has 8 nitrogen and oxygen atoms in total. The largest absolute Gasteiger partial charge is 0.497 e. The number of thioether (sulfide) groups is 1. The molecule has 0 atom stereocenters. The van der Waals surface area contributed by atoms with Crippen molar-refractivity contribution in [1.29, 1.82) is 0 Å². The Labute approximate surface area is 181 Å². The second-order valence-electron chi connectivity index (χ2n) is 6.41. The summed E-state index contributed by atoms with van der Waals surface area (Å²) < 4.78 is 10.2. The van der Waals surface area contributed by atoms with Gasteiger partial charge in [0.25, 0.3) is 5.91 Å². The minimum absolute atomic E-state index is 0.173. The summed E-state index contributed by atoms with van der Waals surface area (Å²) in [5, 5.41) is 13.3. The number of benzene rings is 2. The molecule has 4 aromatic rings. The van der Waals surface area contributed by atoms with E-state index in [1.165, 1.54) is 23.1 Å². The molecule has 10 heteroatoms. The molecule has 0 saturated heterocycles. The van der Waals surface area contributed by atoms with Crippen LogP contribution in [0.4, 0.5) is 0 Å². The van der Waals surface area contributed by atoms with E-state index < -0.39 is 0 Å². The maximum absolute atomic E-state index is 12.4. The second kappa shape index (κ2) is 8.72. The summed E-state index contributed by atoms with van der Waals surface area (Å²) in [7, 11) is 3.56. The van der Waals surface area contributed by atoms with E-state index in [1.54, 1.807) is 7.11 Å². The lowest BCUT2D eigenvalue weighted by Crippen LogP contribution is -2.24. The third-order valence-electron chi connectivity index (χ3n) is 4.45. The number of nitrogens with one attached hydrogen (secondary N) is 1. The van der Waals surface area contributed by atoms with E-state index in [1.807, 2.05) is 71.6 Å². The van der Waals surface area contributed by atoms with Crippen LogP contribution in [-0.4, -0.2) is 38.1 Å². The number of methoxy groups -OCH3 is 1. The molecule has 0 fully saturated rings. The average molecular weight is 441 g/mol. The molecule has 0 aliphatic heterocycles. The molecule has 0 spiro atoms. The summed E-state index contributed by atoms with van der Waals surface area (Å²) in [5.74, 6) is 1.48. The molecule has 0 unspecified atom stereocenters. The van der Waals surface area contributed by atoms with E-state index in [2.05, 4.69) is 20.7 Å². The highest BCUT2D eigenvalue weighted by molar-refractivity contribution is 7.99. The van der Waals surface area contributed by atoms with Crippen molar-refractivity contribution in [2.45, 2.75) is 12.1 Å². The Morgan fingerprint density at radius 2 is 1.97 bits per heavy atom. The topological polar surface area (TPSA) is 86.3 Å². The minimum Gasteiger partial charge on any atom is -0.497 e. The number of para-hydroxylation sites is 1. The molecule has 154 valence electrons. The van der Waals surface area contributed by atoms with E-state index >= 15 is 0 Å². The predicted molar refractivity (Wildman–Crippen MR) is 118 cm³/mol. The normalized spacial score (nSPS) is 11.8. The monoisotopic (exact) mass is 440 g/mol. The van der Waals surface area contributed by atoms with Crippen LogP contribution in [0.25, 0.3) is 15.9 Å². The van der Waals surface area contributed by atoms with Crippen molar-refractivity contribution in [3.8, 4) is 11.4 Å². The Bertz CT molecular complexity index is 1260. The van der Waals surface area contributed by atoms with Crippen molar-refractivity contribution >= 4 is 39.2 Å². The van der Waals surface area contributed by atoms with E-state index in [0.29, 0.717) is 5.16 Å². The predicted octanol–water partition coefficient (Wildman–Crippen LogP) is 2.86. The lowest BCUT2D eigenvalue weighted by atomic mass is 10.3. The molecular formula is C20H20N6O2S2. The van der Waals surface area contributed by atoms with E-state index in [9.17, 15) is 4.79 Å². The molecule has 4 rings (SSSR count). The fourth-order valence-electron chi connectivity index (χ4n) is 2.93. The summed E-state index contributed by atoms with van der Waals surface area (Å²) in [4.78, 5) is 13.1. The van der Waals surface area contributed by atoms with Crippen molar-refractivity contribution in [2.24, 2.45) is 12.1 Å². The van der Waals surface area contributed by atoms with Gasteiger partial charge in [0.1, 0.15) is 11.6 Å². The van der Waals surface area contributed by atoms with E-state index in [0.717, 1.165) is 32.3 Å². The van der Waals surface area contributed by atoms with Gasteiger partial charge in [-0.3, -0.25) is 9.36 Å². The average Bonchev–Trinajstić information content (AvgIpc) is 3.30.